The summed E-state index contributed by atoms with van der Waals surface area (Å²) in [6, 6.07) is -2.98. The van der Waals surface area contributed by atoms with E-state index in [1.54, 1.807) is 25.9 Å². The quantitative estimate of drug-likeness (QED) is 0.0154. The van der Waals surface area contributed by atoms with Crippen LogP contribution in [0.3, 0.4) is 0 Å². The van der Waals surface area contributed by atoms with Crippen LogP contribution in [0, 0.1) is 11.8 Å². The van der Waals surface area contributed by atoms with E-state index in [1.165, 1.54) is 81.6 Å². The number of carbonyl (C=O) groups excluding carboxylic acids is 17. The molecule has 3 aromatic rings. The summed E-state index contributed by atoms with van der Waals surface area (Å²) in [4.78, 5) is 251. The molecule has 1 aromatic heterocycles. The fraction of sp³-hybridized carbons (Fsp3) is 0.684. The molecule has 0 radical (unpaired) electrons. The van der Waals surface area contributed by atoms with Gasteiger partial charge < -0.3 is 167 Å². The van der Waals surface area contributed by atoms with Gasteiger partial charge in [0.1, 0.15) is 48.3 Å². The Hall–Kier alpha value is -11.8. The molecular formula is C98H151N19O31S. The van der Waals surface area contributed by atoms with Crippen LogP contribution >= 0.6 is 0 Å². The largest absolute Gasteiger partial charge is 0.610 e. The first-order valence-corrected chi connectivity index (χ1v) is 52.6. The second kappa shape index (κ2) is 64.7. The number of nitrogens with zero attached hydrogens (tertiary/aromatic N) is 4. The highest BCUT2D eigenvalue weighted by atomic mass is 32.2. The highest BCUT2D eigenvalue weighted by molar-refractivity contribution is 7.91. The van der Waals surface area contributed by atoms with Gasteiger partial charge in [0.2, 0.25) is 81.8 Å². The number of urea groups is 1. The predicted molar refractivity (Wildman–Crippen MR) is 535 cm³/mol. The number of H-pyrrole nitrogens is 1. The summed E-state index contributed by atoms with van der Waals surface area (Å²) in [6.45, 7) is 2.47. The number of likely N-dealkylation sites (N-methyl/N-ethyl adjacent to an activating group) is 1. The number of anilines is 1. The highest BCUT2D eigenvalue weighted by Gasteiger charge is 2.62. The van der Waals surface area contributed by atoms with E-state index in [0.29, 0.717) is 77.6 Å². The monoisotopic (exact) mass is 2120 g/mol. The maximum atomic E-state index is 16.7. The van der Waals surface area contributed by atoms with E-state index < -0.39 is 231 Å². The summed E-state index contributed by atoms with van der Waals surface area (Å²) in [7, 11) is 2.79. The zero-order valence-electron chi connectivity index (χ0n) is 85.5. The van der Waals surface area contributed by atoms with Crippen molar-refractivity contribution < 1.29 is 148 Å². The second-order valence-corrected chi connectivity index (χ2v) is 38.8. The first kappa shape index (κ1) is 121. The normalized spacial score (nSPS) is 21.2. The number of carbonyl (C=O) groups is 17. The molecule has 149 heavy (non-hydrogen) atoms. The van der Waals surface area contributed by atoms with Crippen molar-refractivity contribution in [3.8, 4) is 5.75 Å². The number of aliphatic hydroxyl groups excluding tert-OH is 2. The average Bonchev–Trinajstić information content (AvgIpc) is 1.69. The van der Waals surface area contributed by atoms with Gasteiger partial charge in [0.15, 0.2) is 6.04 Å². The number of primary amides is 2. The van der Waals surface area contributed by atoms with E-state index in [9.17, 15) is 67.7 Å². The van der Waals surface area contributed by atoms with Gasteiger partial charge in [0, 0.05) is 125 Å². The molecule has 3 fully saturated rings. The Morgan fingerprint density at radius 1 is 0.638 bits per heavy atom. The number of ether oxygens (including phenoxy) is 11. The van der Waals surface area contributed by atoms with Crippen LogP contribution in [0.25, 0.3) is 10.9 Å². The molecular weight excluding hydrogens is 1970 g/mol. The molecule has 2 saturated heterocycles. The minimum atomic E-state index is -3.20. The average molecular weight is 2120 g/mol. The molecule has 50 nitrogen and oxygen atoms in total. The standard InChI is InChI=1S/C98H151N19O31S/c1-5-63(2)85-91(131)104-58-82(123)108-77-62-149(137)92-71-55-75(87(127)103-59-83(124)113-85)109-89(129)74(53-68(119)60-118)112-94(133)98(148-69-23-24-70(71)73(54-69)111-92,78-18-14-30-117(78)93(132)76(56-79(99)120)110-90(77)130)95(134)114(3)33-34-116(35-38-141-43-46-145-51-49-144-45-42-140-37-28-84(125)115-31-25-65(26-32-115)86(126)105-66-15-11-9-7-6-8-10-12-16-66)97(136)147-61-64-19-21-67(22-20-64)106-88(128)72(17-13-29-101-96(100)135)107-81(122)57-102-80(121)27-36-139-41-44-143-50-52-146-48-47-142-40-39-138-4/h19-24,54,63,65-66,68,72,74-78,85,111,118-119H,5-18,25-53,55-62H2,1-4H3,(H2,99,120)(H,102,121)(H,103,127)(H,104,131)(H,105,126)(H,106,128)(H,107,122)(H,108,123)(H,109,129)(H,110,130)(H,112,133)(H,113,124)(H3,100,101,135)/t63-,68+,72-,74-,75+,76-,77-,78-,85-,98?,149?/m0/s1. The predicted octanol–water partition coefficient (Wildman–Crippen LogP) is -2.82. The molecule has 1 saturated carbocycles. The van der Waals surface area contributed by atoms with Gasteiger partial charge in [-0.15, -0.1) is 0 Å². The second-order valence-electron chi connectivity index (χ2n) is 37.4. The van der Waals surface area contributed by atoms with E-state index in [0.717, 1.165) is 40.4 Å². The molecule has 830 valence electrons. The number of nitrogens with one attached hydrogen (secondary N) is 13. The number of hydrogen-bond donors (Lipinski definition) is 17. The Kier molecular flexibility index (Phi) is 52.4. The number of rotatable bonds is 54. The van der Waals surface area contributed by atoms with Gasteiger partial charge in [-0.1, -0.05) is 77.3 Å². The number of amides is 18. The van der Waals surface area contributed by atoms with Crippen LogP contribution < -0.4 is 80.0 Å². The molecule has 2 aromatic carbocycles. The molecule has 19 N–H and O–H groups in total. The van der Waals surface area contributed by atoms with Gasteiger partial charge >= 0.3 is 12.1 Å². The molecule has 0 spiro atoms. The SMILES string of the molecule is CC[C@H](C)[C@@H]1NC(=O)CNC(=O)[C@H]2Cc3c4[nH]c5cc(ccc35)OC(C(=O)N(C)CCN(CCOCCOCCOCCOCCC(=O)N3CCC(C(=O)NC5CCCCCCCCC5)CC3)C(=O)OCc3ccc(NC(=O)[C@H](CCCNC(N)=O)NC(=O)CNC(=O)CCOCCOCCOCCOCCOC)cc3)(C(=O)N[C@@H](C[C@@H](O)CO)C(=O)N2)[C@@H]2CCCN2C(=O)[C@H](CC(N)=O)NC(=O)[C@H](C[S+]4[O-])NC(=O)CNC1=O. The zero-order chi connectivity index (χ0) is 108. The van der Waals surface area contributed by atoms with Gasteiger partial charge in [-0.25, -0.2) is 9.59 Å². The van der Waals surface area contributed by atoms with E-state index in [4.69, 9.17) is 63.6 Å². The summed E-state index contributed by atoms with van der Waals surface area (Å²) in [5.41, 5.74) is 8.52. The lowest BCUT2D eigenvalue weighted by molar-refractivity contribution is -0.167. The van der Waals surface area contributed by atoms with Crippen molar-refractivity contribution in [3.63, 3.8) is 0 Å². The third kappa shape index (κ3) is 40.2. The maximum Gasteiger partial charge on any atom is 0.410 e. The number of piperidine rings is 1. The fourth-order valence-electron chi connectivity index (χ4n) is 17.8. The van der Waals surface area contributed by atoms with Crippen molar-refractivity contribution in [1.29, 1.82) is 0 Å². The molecule has 8 bridgehead atoms. The van der Waals surface area contributed by atoms with Crippen LogP contribution in [0.2, 0.25) is 0 Å². The van der Waals surface area contributed by atoms with Crippen molar-refractivity contribution >= 4 is 128 Å². The van der Waals surface area contributed by atoms with E-state index in [-0.39, 0.29) is 188 Å². The highest BCUT2D eigenvalue weighted by Crippen LogP contribution is 2.39. The molecule has 11 atom stereocenters. The maximum absolute atomic E-state index is 16.7. The molecule has 6 aliphatic heterocycles. The van der Waals surface area contributed by atoms with Gasteiger partial charge in [0.05, 0.1) is 169 Å². The Labute approximate surface area is 868 Å². The van der Waals surface area contributed by atoms with Crippen molar-refractivity contribution in [2.24, 2.45) is 23.3 Å². The smallest absolute Gasteiger partial charge is 0.410 e. The first-order chi connectivity index (χ1) is 71.8. The number of aromatic amines is 1. The Morgan fingerprint density at radius 3 is 1.86 bits per heavy atom. The Balaban J connectivity index is 0.922. The molecule has 18 amide bonds. The number of likely N-dealkylation sites (tertiary alicyclic amines) is 1. The lowest BCUT2D eigenvalue weighted by Gasteiger charge is -2.43. The molecule has 7 heterocycles. The van der Waals surface area contributed by atoms with Crippen molar-refractivity contribution in [2.75, 3.05) is 210 Å². The molecule has 2 unspecified atom stereocenters. The van der Waals surface area contributed by atoms with Gasteiger partial charge in [-0.05, 0) is 87.1 Å². The summed E-state index contributed by atoms with van der Waals surface area (Å²) >= 11 is -2.55. The van der Waals surface area contributed by atoms with E-state index >= 15 is 28.5 Å². The lowest BCUT2D eigenvalue weighted by Crippen LogP contribution is -2.72. The number of aromatic nitrogens is 1. The lowest BCUT2D eigenvalue weighted by atomic mass is 9.87. The van der Waals surface area contributed by atoms with Gasteiger partial charge in [-0.2, -0.15) is 0 Å². The number of aliphatic hydroxyl groups is 2. The van der Waals surface area contributed by atoms with E-state index in [1.807, 2.05) is 0 Å². The van der Waals surface area contributed by atoms with Crippen LogP contribution in [0.1, 0.15) is 153 Å². The molecule has 1 aliphatic carbocycles. The third-order valence-corrected chi connectivity index (χ3v) is 27.7. The van der Waals surface area contributed by atoms with Crippen LogP contribution in [-0.2, 0) is 143 Å². The number of hydrogen-bond acceptors (Lipinski definition) is 31. The van der Waals surface area contributed by atoms with Crippen LogP contribution in [0.5, 0.6) is 5.75 Å². The minimum absolute atomic E-state index is 0.00411. The molecule has 7 aliphatic rings. The van der Waals surface area contributed by atoms with Crippen LogP contribution in [0.4, 0.5) is 15.3 Å². The minimum Gasteiger partial charge on any atom is -0.610 e. The van der Waals surface area contributed by atoms with Gasteiger partial charge in [0.25, 0.3) is 17.4 Å². The number of methoxy groups -OCH3 is 1. The first-order valence-electron chi connectivity index (χ1n) is 51.3. The fourth-order valence-corrected chi connectivity index (χ4v) is 19.2. The molecule has 10 rings (SSSR count). The summed E-state index contributed by atoms with van der Waals surface area (Å²) in [5.74, 6) is -15.5. The number of benzene rings is 2. The number of fused-ring (bicyclic) bond motifs is 8. The van der Waals surface area contributed by atoms with Gasteiger partial charge in [-0.3, -0.25) is 71.9 Å². The Bertz CT molecular complexity index is 4860. The number of nitrogens with two attached hydrogens (primary N) is 2. The van der Waals surface area contributed by atoms with Crippen molar-refractivity contribution in [3.05, 3.63) is 53.6 Å². The third-order valence-electron chi connectivity index (χ3n) is 26.3. The summed E-state index contributed by atoms with van der Waals surface area (Å²) in [5, 5.41) is 52.8. The van der Waals surface area contributed by atoms with E-state index in [2.05, 4.69) is 68.8 Å². The van der Waals surface area contributed by atoms with Crippen molar-refractivity contribution in [2.45, 2.75) is 220 Å². The van der Waals surface area contributed by atoms with Crippen LogP contribution in [0.15, 0.2) is 47.5 Å². The van der Waals surface area contributed by atoms with Crippen molar-refractivity contribution in [1.82, 2.24) is 83.1 Å². The topological polar surface area (TPSA) is 680 Å². The molecule has 51 heteroatoms. The zero-order valence-corrected chi connectivity index (χ0v) is 86.4. The summed E-state index contributed by atoms with van der Waals surface area (Å²) in [6.07, 6.45) is 6.31. The summed E-state index contributed by atoms with van der Waals surface area (Å²) < 4.78 is 78.2. The van der Waals surface area contributed by atoms with Crippen LogP contribution in [-0.4, -0.2) is 404 Å². The Morgan fingerprint density at radius 2 is 1.24 bits per heavy atom.